The topological polar surface area (TPSA) is 45.2 Å². The van der Waals surface area contributed by atoms with E-state index in [4.69, 9.17) is 11.6 Å². The lowest BCUT2D eigenvalue weighted by atomic mass is 10.1. The summed E-state index contributed by atoms with van der Waals surface area (Å²) in [7, 11) is 0. The lowest BCUT2D eigenvalue weighted by molar-refractivity contribution is -0.121. The number of carbonyl (C=O) groups excluding carboxylic acids is 1. The van der Waals surface area contributed by atoms with Crippen LogP contribution in [0.5, 0.6) is 0 Å². The Morgan fingerprint density at radius 3 is 3.13 bits per heavy atom. The number of thiazole rings is 1. The first-order valence-electron chi connectivity index (χ1n) is 7.80. The molecule has 122 valence electrons. The maximum atomic E-state index is 12.1. The number of aromatic nitrogens is 1. The molecule has 1 N–H and O–H groups in total. The second-order valence-electron chi connectivity index (χ2n) is 5.90. The number of hydrogen-bond acceptors (Lipinski definition) is 4. The first-order chi connectivity index (χ1) is 11.1. The van der Waals surface area contributed by atoms with Crippen LogP contribution in [-0.2, 0) is 11.2 Å². The highest BCUT2D eigenvalue weighted by atomic mass is 35.5. The van der Waals surface area contributed by atoms with Crippen molar-refractivity contribution in [1.82, 2.24) is 10.3 Å². The summed E-state index contributed by atoms with van der Waals surface area (Å²) in [6, 6.07) is 6.16. The number of rotatable bonds is 5. The highest BCUT2D eigenvalue weighted by Gasteiger charge is 2.25. The molecule has 1 aliphatic rings. The summed E-state index contributed by atoms with van der Waals surface area (Å²) >= 11 is 7.67. The van der Waals surface area contributed by atoms with Crippen molar-refractivity contribution in [3.05, 3.63) is 45.9 Å². The van der Waals surface area contributed by atoms with E-state index in [0.717, 1.165) is 47.2 Å². The average molecular weight is 350 g/mol. The molecule has 2 heterocycles. The van der Waals surface area contributed by atoms with Gasteiger partial charge in [0, 0.05) is 42.2 Å². The number of amides is 1. The third-order valence-electron chi connectivity index (χ3n) is 4.11. The van der Waals surface area contributed by atoms with Crippen LogP contribution in [0.2, 0.25) is 5.02 Å². The van der Waals surface area contributed by atoms with Gasteiger partial charge in [-0.15, -0.1) is 11.3 Å². The zero-order chi connectivity index (χ0) is 16.2. The Morgan fingerprint density at radius 2 is 2.39 bits per heavy atom. The Labute approximate surface area is 145 Å². The van der Waals surface area contributed by atoms with Crippen molar-refractivity contribution in [2.24, 2.45) is 0 Å². The number of nitrogens with zero attached hydrogens (tertiary/aromatic N) is 2. The summed E-state index contributed by atoms with van der Waals surface area (Å²) < 4.78 is 0. The third kappa shape index (κ3) is 4.24. The molecule has 1 unspecified atom stereocenters. The maximum Gasteiger partial charge on any atom is 0.220 e. The van der Waals surface area contributed by atoms with Crippen LogP contribution in [0.3, 0.4) is 0 Å². The maximum absolute atomic E-state index is 12.1. The van der Waals surface area contributed by atoms with Crippen LogP contribution in [0.15, 0.2) is 29.8 Å². The Morgan fingerprint density at radius 1 is 1.52 bits per heavy atom. The number of nitrogens with one attached hydrogen (secondary N) is 1. The van der Waals surface area contributed by atoms with Crippen molar-refractivity contribution >= 4 is 34.0 Å². The molecule has 0 radical (unpaired) electrons. The van der Waals surface area contributed by atoms with Crippen LogP contribution in [0.25, 0.3) is 0 Å². The van der Waals surface area contributed by atoms with Gasteiger partial charge in [0.25, 0.3) is 0 Å². The highest BCUT2D eigenvalue weighted by Crippen LogP contribution is 2.22. The molecule has 1 aromatic carbocycles. The molecule has 1 atom stereocenters. The van der Waals surface area contributed by atoms with Crippen molar-refractivity contribution in [1.29, 1.82) is 0 Å². The van der Waals surface area contributed by atoms with Gasteiger partial charge >= 0.3 is 0 Å². The predicted molar refractivity (Wildman–Crippen MR) is 95.4 cm³/mol. The smallest absolute Gasteiger partial charge is 0.220 e. The normalized spacial score (nSPS) is 17.5. The number of anilines is 1. The molecule has 1 aromatic heterocycles. The monoisotopic (exact) mass is 349 g/mol. The van der Waals surface area contributed by atoms with Gasteiger partial charge in [-0.3, -0.25) is 4.79 Å². The van der Waals surface area contributed by atoms with Gasteiger partial charge in [0.05, 0.1) is 0 Å². The summed E-state index contributed by atoms with van der Waals surface area (Å²) in [5, 5.41) is 6.93. The van der Waals surface area contributed by atoms with Gasteiger partial charge < -0.3 is 10.2 Å². The van der Waals surface area contributed by atoms with E-state index in [1.165, 1.54) is 0 Å². The quantitative estimate of drug-likeness (QED) is 0.899. The van der Waals surface area contributed by atoms with Crippen LogP contribution in [0.1, 0.15) is 24.0 Å². The van der Waals surface area contributed by atoms with Gasteiger partial charge in [-0.2, -0.15) is 0 Å². The van der Waals surface area contributed by atoms with Gasteiger partial charge in [-0.1, -0.05) is 23.7 Å². The predicted octanol–water partition coefficient (Wildman–Crippen LogP) is 3.43. The minimum absolute atomic E-state index is 0.114. The van der Waals surface area contributed by atoms with Gasteiger partial charge in [-0.25, -0.2) is 4.98 Å². The molecule has 0 spiro atoms. The molecule has 3 rings (SSSR count). The molecule has 1 saturated heterocycles. The Hall–Kier alpha value is -1.59. The Kier molecular flexibility index (Phi) is 5.18. The fourth-order valence-electron chi connectivity index (χ4n) is 2.84. The highest BCUT2D eigenvalue weighted by molar-refractivity contribution is 7.13. The average Bonchev–Trinajstić information content (AvgIpc) is 3.19. The molecule has 4 nitrogen and oxygen atoms in total. The number of benzene rings is 1. The molecule has 2 aromatic rings. The molecule has 23 heavy (non-hydrogen) atoms. The molecule has 1 fully saturated rings. The van der Waals surface area contributed by atoms with Gasteiger partial charge in [-0.05, 0) is 37.0 Å². The summed E-state index contributed by atoms with van der Waals surface area (Å²) in [5.74, 6) is 0.114. The standard InChI is InChI=1S/C17H20ClN3OS/c1-12-10-13(2-4-15(12)18)3-5-16(22)20-14-6-8-21(11-14)17-19-7-9-23-17/h2,4,7,9-10,14H,3,5-6,8,11H2,1H3,(H,20,22). The van der Waals surface area contributed by atoms with E-state index in [-0.39, 0.29) is 11.9 Å². The molecular formula is C17H20ClN3OS. The summed E-state index contributed by atoms with van der Waals surface area (Å²) in [6.45, 7) is 3.78. The first-order valence-corrected chi connectivity index (χ1v) is 9.06. The van der Waals surface area contributed by atoms with E-state index in [1.54, 1.807) is 11.3 Å². The molecule has 0 saturated carbocycles. The van der Waals surface area contributed by atoms with E-state index in [1.807, 2.05) is 30.6 Å². The molecule has 1 amide bonds. The molecule has 6 heteroatoms. The second-order valence-corrected chi connectivity index (χ2v) is 7.18. The fraction of sp³-hybridized carbons (Fsp3) is 0.412. The summed E-state index contributed by atoms with van der Waals surface area (Å²) in [4.78, 5) is 18.7. The molecule has 0 aliphatic carbocycles. The molecular weight excluding hydrogens is 330 g/mol. The SMILES string of the molecule is Cc1cc(CCC(=O)NC2CCN(c3nccs3)C2)ccc1Cl. The fourth-order valence-corrected chi connectivity index (χ4v) is 3.64. The Balaban J connectivity index is 1.45. The van der Waals surface area contributed by atoms with Crippen LogP contribution in [0, 0.1) is 6.92 Å². The van der Waals surface area contributed by atoms with E-state index >= 15 is 0 Å². The minimum atomic E-state index is 0.114. The lowest BCUT2D eigenvalue weighted by Gasteiger charge is -2.15. The molecule has 1 aliphatic heterocycles. The summed E-state index contributed by atoms with van der Waals surface area (Å²) in [6.07, 6.45) is 4.05. The van der Waals surface area contributed by atoms with Crippen molar-refractivity contribution in [2.75, 3.05) is 18.0 Å². The second kappa shape index (κ2) is 7.32. The van der Waals surface area contributed by atoms with E-state index in [0.29, 0.717) is 6.42 Å². The number of hydrogen-bond donors (Lipinski definition) is 1. The van der Waals surface area contributed by atoms with Crippen molar-refractivity contribution in [2.45, 2.75) is 32.2 Å². The van der Waals surface area contributed by atoms with Gasteiger partial charge in [0.2, 0.25) is 5.91 Å². The Bertz CT molecular complexity index is 674. The van der Waals surface area contributed by atoms with Crippen LogP contribution < -0.4 is 10.2 Å². The first kappa shape index (κ1) is 16.3. The lowest BCUT2D eigenvalue weighted by Crippen LogP contribution is -2.37. The summed E-state index contributed by atoms with van der Waals surface area (Å²) in [5.41, 5.74) is 2.21. The van der Waals surface area contributed by atoms with Gasteiger partial charge in [0.1, 0.15) is 0 Å². The van der Waals surface area contributed by atoms with Crippen LogP contribution in [-0.4, -0.2) is 30.0 Å². The van der Waals surface area contributed by atoms with E-state index in [9.17, 15) is 4.79 Å². The van der Waals surface area contributed by atoms with Crippen LogP contribution in [0.4, 0.5) is 5.13 Å². The van der Waals surface area contributed by atoms with Crippen molar-refractivity contribution in [3.8, 4) is 0 Å². The molecule has 0 bridgehead atoms. The van der Waals surface area contributed by atoms with Crippen molar-refractivity contribution in [3.63, 3.8) is 0 Å². The zero-order valence-corrected chi connectivity index (χ0v) is 14.7. The van der Waals surface area contributed by atoms with E-state index < -0.39 is 0 Å². The zero-order valence-electron chi connectivity index (χ0n) is 13.1. The third-order valence-corrected chi connectivity index (χ3v) is 5.36. The minimum Gasteiger partial charge on any atom is -0.352 e. The van der Waals surface area contributed by atoms with Crippen molar-refractivity contribution < 1.29 is 4.79 Å². The van der Waals surface area contributed by atoms with Gasteiger partial charge in [0.15, 0.2) is 5.13 Å². The number of halogens is 1. The van der Waals surface area contributed by atoms with Crippen LogP contribution >= 0.6 is 22.9 Å². The number of aryl methyl sites for hydroxylation is 2. The largest absolute Gasteiger partial charge is 0.352 e. The van der Waals surface area contributed by atoms with E-state index in [2.05, 4.69) is 21.3 Å². The number of carbonyl (C=O) groups is 1.